The van der Waals surface area contributed by atoms with Crippen molar-refractivity contribution in [1.29, 1.82) is 0 Å². The van der Waals surface area contributed by atoms with E-state index in [1.807, 2.05) is 6.07 Å². The summed E-state index contributed by atoms with van der Waals surface area (Å²) in [6.07, 6.45) is 3.48. The maximum atomic E-state index is 13.6. The van der Waals surface area contributed by atoms with E-state index in [1.165, 1.54) is 0 Å². The Morgan fingerprint density at radius 3 is 2.76 bits per heavy atom. The number of pyridine rings is 1. The Labute approximate surface area is 194 Å². The summed E-state index contributed by atoms with van der Waals surface area (Å²) < 4.78 is 1.58. The monoisotopic (exact) mass is 460 g/mol. The minimum Gasteiger partial charge on any atom is -0.308 e. The molecule has 1 unspecified atom stereocenters. The van der Waals surface area contributed by atoms with Crippen LogP contribution in [0.2, 0.25) is 5.02 Å². The molecule has 166 valence electrons. The average Bonchev–Trinajstić information content (AvgIpc) is 3.34. The average molecular weight is 461 g/mol. The Hall–Kier alpha value is -3.75. The molecule has 0 radical (unpaired) electrons. The molecule has 9 heteroatoms. The number of amides is 2. The Morgan fingerprint density at radius 1 is 1.09 bits per heavy atom. The van der Waals surface area contributed by atoms with Crippen molar-refractivity contribution >= 4 is 40.0 Å². The van der Waals surface area contributed by atoms with Crippen molar-refractivity contribution in [2.75, 3.05) is 17.2 Å². The van der Waals surface area contributed by atoms with E-state index in [9.17, 15) is 9.59 Å². The van der Waals surface area contributed by atoms with Crippen LogP contribution in [-0.4, -0.2) is 27.1 Å². The molecular formula is C24H21ClN6O2. The number of anilines is 2. The molecule has 8 nitrogen and oxygen atoms in total. The molecule has 33 heavy (non-hydrogen) atoms. The molecule has 5 rings (SSSR count). The van der Waals surface area contributed by atoms with E-state index < -0.39 is 6.03 Å². The van der Waals surface area contributed by atoms with Gasteiger partial charge in [0.15, 0.2) is 0 Å². The molecule has 1 aliphatic heterocycles. The summed E-state index contributed by atoms with van der Waals surface area (Å²) in [7, 11) is 0. The Balaban J connectivity index is 1.55. The van der Waals surface area contributed by atoms with Crippen molar-refractivity contribution in [3.8, 4) is 5.69 Å². The number of hydrogen-bond acceptors (Lipinski definition) is 5. The number of carbonyl (C=O) groups excluding carboxylic acids is 1. The van der Waals surface area contributed by atoms with Crippen molar-refractivity contribution in [2.45, 2.75) is 18.9 Å². The van der Waals surface area contributed by atoms with Gasteiger partial charge in [0.25, 0.3) is 5.56 Å². The molecular weight excluding hydrogens is 440 g/mol. The quantitative estimate of drug-likeness (QED) is 0.416. The number of halogens is 1. The first-order chi connectivity index (χ1) is 16.1. The van der Waals surface area contributed by atoms with Crippen LogP contribution in [0.4, 0.5) is 16.3 Å². The van der Waals surface area contributed by atoms with Crippen molar-refractivity contribution in [3.05, 3.63) is 88.1 Å². The summed E-state index contributed by atoms with van der Waals surface area (Å²) in [5.74, 6) is 1.06. The van der Waals surface area contributed by atoms with Gasteiger partial charge in [0, 0.05) is 11.9 Å². The molecule has 3 heterocycles. The second-order valence-corrected chi connectivity index (χ2v) is 8.15. The lowest BCUT2D eigenvalue weighted by atomic mass is 10.1. The van der Waals surface area contributed by atoms with Gasteiger partial charge in [-0.15, -0.1) is 0 Å². The van der Waals surface area contributed by atoms with Crippen LogP contribution in [-0.2, 0) is 0 Å². The summed E-state index contributed by atoms with van der Waals surface area (Å²) in [5.41, 5.74) is 1.44. The van der Waals surface area contributed by atoms with Crippen LogP contribution in [0.3, 0.4) is 0 Å². The van der Waals surface area contributed by atoms with Gasteiger partial charge in [-0.1, -0.05) is 29.8 Å². The zero-order valence-electron chi connectivity index (χ0n) is 17.6. The molecule has 1 saturated heterocycles. The third kappa shape index (κ3) is 4.30. The number of carbonyl (C=O) groups is 1. The standard InChI is InChI=1S/C24H21ClN6O2/c25-17-8-4-9-18-21(17)23(32)31(22(29-18)19-10-5-13-26-19)16-7-3-6-15(14-16)28-24(33)30-20-11-1-2-12-27-20/h1-4,6-9,11-12,14,19,26H,5,10,13H2,(H2,27,28,30,33). The molecule has 1 aliphatic rings. The van der Waals surface area contributed by atoms with Crippen molar-refractivity contribution in [2.24, 2.45) is 0 Å². The lowest BCUT2D eigenvalue weighted by molar-refractivity contribution is 0.262. The number of benzene rings is 2. The molecule has 2 amide bonds. The predicted octanol–water partition coefficient (Wildman–Crippen LogP) is 4.50. The van der Waals surface area contributed by atoms with Gasteiger partial charge in [-0.25, -0.2) is 14.8 Å². The Bertz CT molecular complexity index is 1380. The Kier molecular flexibility index (Phi) is 5.77. The third-order valence-electron chi connectivity index (χ3n) is 5.51. The predicted molar refractivity (Wildman–Crippen MR) is 129 cm³/mol. The van der Waals surface area contributed by atoms with E-state index in [1.54, 1.807) is 65.4 Å². The van der Waals surface area contributed by atoms with Gasteiger partial charge in [0.05, 0.1) is 27.7 Å². The summed E-state index contributed by atoms with van der Waals surface area (Å²) in [6.45, 7) is 0.864. The normalized spacial score (nSPS) is 15.5. The molecule has 0 spiro atoms. The molecule has 2 aromatic carbocycles. The van der Waals surface area contributed by atoms with Gasteiger partial charge in [-0.05, 0) is 61.9 Å². The van der Waals surface area contributed by atoms with Crippen LogP contribution in [0.1, 0.15) is 24.7 Å². The first kappa shape index (κ1) is 21.1. The first-order valence-electron chi connectivity index (χ1n) is 10.6. The highest BCUT2D eigenvalue weighted by Gasteiger charge is 2.24. The summed E-state index contributed by atoms with van der Waals surface area (Å²) in [6, 6.07) is 17.1. The number of aromatic nitrogens is 3. The van der Waals surface area contributed by atoms with Crippen LogP contribution >= 0.6 is 11.6 Å². The van der Waals surface area contributed by atoms with Gasteiger partial charge < -0.3 is 10.6 Å². The van der Waals surface area contributed by atoms with E-state index in [0.29, 0.717) is 38.9 Å². The van der Waals surface area contributed by atoms with Gasteiger partial charge in [-0.2, -0.15) is 0 Å². The second kappa shape index (κ2) is 9.01. The zero-order valence-corrected chi connectivity index (χ0v) is 18.3. The Morgan fingerprint density at radius 2 is 1.97 bits per heavy atom. The van der Waals surface area contributed by atoms with Gasteiger partial charge in [0.1, 0.15) is 11.6 Å². The van der Waals surface area contributed by atoms with Gasteiger partial charge >= 0.3 is 6.03 Å². The van der Waals surface area contributed by atoms with Crippen molar-refractivity contribution in [1.82, 2.24) is 19.9 Å². The van der Waals surface area contributed by atoms with E-state index >= 15 is 0 Å². The molecule has 0 bridgehead atoms. The lowest BCUT2D eigenvalue weighted by Crippen LogP contribution is -2.29. The van der Waals surface area contributed by atoms with Crippen LogP contribution in [0.25, 0.3) is 16.6 Å². The summed E-state index contributed by atoms with van der Waals surface area (Å²) in [5, 5.41) is 9.61. The fourth-order valence-corrected chi connectivity index (χ4v) is 4.28. The molecule has 4 aromatic rings. The summed E-state index contributed by atoms with van der Waals surface area (Å²) in [4.78, 5) is 34.9. The second-order valence-electron chi connectivity index (χ2n) is 7.74. The number of urea groups is 1. The van der Waals surface area contributed by atoms with E-state index in [-0.39, 0.29) is 11.6 Å². The highest BCUT2D eigenvalue weighted by molar-refractivity contribution is 6.35. The summed E-state index contributed by atoms with van der Waals surface area (Å²) >= 11 is 6.37. The third-order valence-corrected chi connectivity index (χ3v) is 5.83. The highest BCUT2D eigenvalue weighted by Crippen LogP contribution is 2.27. The lowest BCUT2D eigenvalue weighted by Gasteiger charge is -2.19. The fraction of sp³-hybridized carbons (Fsp3) is 0.167. The van der Waals surface area contributed by atoms with E-state index in [0.717, 1.165) is 19.4 Å². The largest absolute Gasteiger partial charge is 0.324 e. The van der Waals surface area contributed by atoms with Gasteiger partial charge in [-0.3, -0.25) is 14.7 Å². The van der Waals surface area contributed by atoms with Gasteiger partial charge in [0.2, 0.25) is 0 Å². The minimum absolute atomic E-state index is 0.0508. The number of fused-ring (bicyclic) bond motifs is 1. The smallest absolute Gasteiger partial charge is 0.308 e. The maximum Gasteiger partial charge on any atom is 0.324 e. The highest BCUT2D eigenvalue weighted by atomic mass is 35.5. The topological polar surface area (TPSA) is 101 Å². The molecule has 1 atom stereocenters. The maximum absolute atomic E-state index is 13.6. The van der Waals surface area contributed by atoms with Crippen LogP contribution in [0.5, 0.6) is 0 Å². The first-order valence-corrected chi connectivity index (χ1v) is 11.0. The molecule has 0 aliphatic carbocycles. The molecule has 2 aromatic heterocycles. The SMILES string of the molecule is O=C(Nc1cccc(-n2c(C3CCCN3)nc3cccc(Cl)c3c2=O)c1)Nc1ccccn1. The van der Waals surface area contributed by atoms with Crippen molar-refractivity contribution < 1.29 is 4.79 Å². The van der Waals surface area contributed by atoms with E-state index in [2.05, 4.69) is 20.9 Å². The minimum atomic E-state index is -0.435. The molecule has 1 fully saturated rings. The fourth-order valence-electron chi connectivity index (χ4n) is 4.03. The number of nitrogens with zero attached hydrogens (tertiary/aromatic N) is 3. The molecule has 0 saturated carbocycles. The van der Waals surface area contributed by atoms with Crippen molar-refractivity contribution in [3.63, 3.8) is 0 Å². The van der Waals surface area contributed by atoms with E-state index in [4.69, 9.17) is 16.6 Å². The number of rotatable bonds is 4. The number of nitrogens with one attached hydrogen (secondary N) is 3. The van der Waals surface area contributed by atoms with Crippen LogP contribution in [0.15, 0.2) is 71.7 Å². The van der Waals surface area contributed by atoms with Crippen LogP contribution < -0.4 is 21.5 Å². The zero-order chi connectivity index (χ0) is 22.8. The van der Waals surface area contributed by atoms with Crippen LogP contribution in [0, 0.1) is 0 Å². The number of hydrogen-bond donors (Lipinski definition) is 3. The molecule has 3 N–H and O–H groups in total.